The van der Waals surface area contributed by atoms with Gasteiger partial charge in [-0.05, 0) is 25.1 Å². The van der Waals surface area contributed by atoms with Crippen molar-refractivity contribution in [1.29, 1.82) is 0 Å². The first-order valence-electron chi connectivity index (χ1n) is 7.17. The summed E-state index contributed by atoms with van der Waals surface area (Å²) in [5, 5.41) is 0. The van der Waals surface area contributed by atoms with Crippen molar-refractivity contribution in [3.8, 4) is 0 Å². The van der Waals surface area contributed by atoms with Crippen molar-refractivity contribution in [2.45, 2.75) is 6.92 Å². The third-order valence-electron chi connectivity index (χ3n) is 3.91. The van der Waals surface area contributed by atoms with Gasteiger partial charge < -0.3 is 4.90 Å². The molecule has 21 heavy (non-hydrogen) atoms. The molecule has 0 radical (unpaired) electrons. The quantitative estimate of drug-likeness (QED) is 0.758. The summed E-state index contributed by atoms with van der Waals surface area (Å²) in [6.07, 6.45) is 3.90. The molecule has 3 heteroatoms. The summed E-state index contributed by atoms with van der Waals surface area (Å²) < 4.78 is 0. The molecule has 2 aliphatic heterocycles. The van der Waals surface area contributed by atoms with Crippen LogP contribution in [0.4, 0.5) is 17.1 Å². The molecule has 0 saturated carbocycles. The Morgan fingerprint density at radius 3 is 2.43 bits per heavy atom. The highest BCUT2D eigenvalue weighted by Gasteiger charge is 2.23. The van der Waals surface area contributed by atoms with Gasteiger partial charge in [0.1, 0.15) is 0 Å². The van der Waals surface area contributed by atoms with Crippen LogP contribution in [-0.4, -0.2) is 19.0 Å². The average Bonchev–Trinajstić information content (AvgIpc) is 2.97. The van der Waals surface area contributed by atoms with Crippen LogP contribution in [0.15, 0.2) is 64.2 Å². The van der Waals surface area contributed by atoms with Gasteiger partial charge in [-0.1, -0.05) is 30.3 Å². The van der Waals surface area contributed by atoms with Gasteiger partial charge in [-0.15, -0.1) is 0 Å². The predicted molar refractivity (Wildman–Crippen MR) is 89.1 cm³/mol. The van der Waals surface area contributed by atoms with E-state index in [9.17, 15) is 0 Å². The van der Waals surface area contributed by atoms with E-state index < -0.39 is 0 Å². The molecule has 0 fully saturated rings. The Labute approximate surface area is 124 Å². The molecule has 0 saturated heterocycles. The van der Waals surface area contributed by atoms with E-state index in [4.69, 9.17) is 0 Å². The molecule has 102 valence electrons. The van der Waals surface area contributed by atoms with Gasteiger partial charge in [0.15, 0.2) is 0 Å². The van der Waals surface area contributed by atoms with E-state index in [2.05, 4.69) is 46.1 Å². The molecule has 2 aromatic rings. The van der Waals surface area contributed by atoms with Crippen LogP contribution in [0.1, 0.15) is 12.5 Å². The first-order valence-corrected chi connectivity index (χ1v) is 7.17. The van der Waals surface area contributed by atoms with Crippen LogP contribution >= 0.6 is 0 Å². The molecule has 0 spiro atoms. The van der Waals surface area contributed by atoms with Crippen molar-refractivity contribution >= 4 is 35.1 Å². The fraction of sp³-hybridized carbons (Fsp3) is 0.111. The van der Waals surface area contributed by atoms with Crippen LogP contribution in [0, 0.1) is 0 Å². The molecule has 2 heterocycles. The molecule has 0 amide bonds. The second-order valence-electron chi connectivity index (χ2n) is 5.07. The Balaban J connectivity index is 1.92. The van der Waals surface area contributed by atoms with Gasteiger partial charge in [-0.3, -0.25) is 9.98 Å². The Kier molecular flexibility index (Phi) is 2.71. The number of hydrogen-bond donors (Lipinski definition) is 0. The van der Waals surface area contributed by atoms with Crippen LogP contribution in [0.2, 0.25) is 0 Å². The Hall–Kier alpha value is -2.68. The first kappa shape index (κ1) is 12.1. The normalized spacial score (nSPS) is 18.8. The highest BCUT2D eigenvalue weighted by Crippen LogP contribution is 2.39. The fourth-order valence-electron chi connectivity index (χ4n) is 2.91. The third kappa shape index (κ3) is 1.82. The second-order valence-corrected chi connectivity index (χ2v) is 5.07. The lowest BCUT2D eigenvalue weighted by Gasteiger charge is -2.29. The maximum absolute atomic E-state index is 4.60. The largest absolute Gasteiger partial charge is 0.338 e. The number of rotatable bonds is 1. The van der Waals surface area contributed by atoms with Gasteiger partial charge in [-0.2, -0.15) is 0 Å². The lowest BCUT2D eigenvalue weighted by Crippen LogP contribution is -2.26. The molecular formula is C18H15N3. The molecule has 0 aromatic heterocycles. The molecule has 2 aromatic carbocycles. The first-order chi connectivity index (χ1) is 10.4. The highest BCUT2D eigenvalue weighted by atomic mass is 15.2. The van der Waals surface area contributed by atoms with E-state index >= 15 is 0 Å². The van der Waals surface area contributed by atoms with Crippen LogP contribution in [-0.2, 0) is 0 Å². The minimum Gasteiger partial charge on any atom is -0.338 e. The zero-order chi connectivity index (χ0) is 14.2. The number of fused-ring (bicyclic) bond motifs is 2. The number of aliphatic imine (C=N–C) groups is 2. The molecule has 3 nitrogen and oxygen atoms in total. The van der Waals surface area contributed by atoms with Crippen molar-refractivity contribution in [2.75, 3.05) is 11.4 Å². The van der Waals surface area contributed by atoms with Crippen molar-refractivity contribution < 1.29 is 0 Å². The molecular weight excluding hydrogens is 258 g/mol. The molecule has 0 N–H and O–H groups in total. The number of anilines is 1. The summed E-state index contributed by atoms with van der Waals surface area (Å²) in [5.41, 5.74) is 6.64. The summed E-state index contributed by atoms with van der Waals surface area (Å²) in [6.45, 7) is 3.06. The summed E-state index contributed by atoms with van der Waals surface area (Å²) in [4.78, 5) is 11.4. The van der Waals surface area contributed by atoms with Crippen LogP contribution in [0.25, 0.3) is 5.57 Å². The minimum atomic E-state index is 0.901. The van der Waals surface area contributed by atoms with E-state index in [1.807, 2.05) is 36.7 Å². The van der Waals surface area contributed by atoms with Gasteiger partial charge in [0.05, 0.1) is 29.0 Å². The Bertz CT molecular complexity index is 800. The number of para-hydroxylation sites is 3. The van der Waals surface area contributed by atoms with Gasteiger partial charge >= 0.3 is 0 Å². The van der Waals surface area contributed by atoms with Crippen LogP contribution in [0.5, 0.6) is 0 Å². The standard InChI is InChI=1S/C18H15N3/c1-2-21-17-10-6-5-9-16(17)20-12-18(21)14-11-19-15-8-4-3-7-13(14)15/h3-12H,2H2,1H3/b18-14+. The molecule has 0 unspecified atom stereocenters. The van der Waals surface area contributed by atoms with Crippen molar-refractivity contribution in [3.05, 3.63) is 59.8 Å². The van der Waals surface area contributed by atoms with Gasteiger partial charge in [0, 0.05) is 23.9 Å². The molecule has 0 atom stereocenters. The van der Waals surface area contributed by atoms with Crippen LogP contribution < -0.4 is 4.90 Å². The minimum absolute atomic E-state index is 0.901. The summed E-state index contributed by atoms with van der Waals surface area (Å²) in [7, 11) is 0. The molecule has 4 rings (SSSR count). The van der Waals surface area contributed by atoms with E-state index in [1.54, 1.807) is 0 Å². The van der Waals surface area contributed by atoms with E-state index in [1.165, 1.54) is 5.56 Å². The smallest absolute Gasteiger partial charge is 0.0867 e. The van der Waals surface area contributed by atoms with Gasteiger partial charge in [0.2, 0.25) is 0 Å². The zero-order valence-corrected chi connectivity index (χ0v) is 11.8. The maximum atomic E-state index is 4.60. The van der Waals surface area contributed by atoms with Crippen LogP contribution in [0.3, 0.4) is 0 Å². The number of hydrogen-bond acceptors (Lipinski definition) is 3. The van der Waals surface area contributed by atoms with Crippen molar-refractivity contribution in [3.63, 3.8) is 0 Å². The van der Waals surface area contributed by atoms with E-state index in [0.717, 1.165) is 34.9 Å². The lowest BCUT2D eigenvalue weighted by atomic mass is 10.0. The van der Waals surface area contributed by atoms with E-state index in [0.29, 0.717) is 0 Å². The second kappa shape index (κ2) is 4.70. The number of benzene rings is 2. The van der Waals surface area contributed by atoms with Crippen molar-refractivity contribution in [1.82, 2.24) is 0 Å². The summed E-state index contributed by atoms with van der Waals surface area (Å²) in [6, 6.07) is 16.5. The zero-order valence-electron chi connectivity index (χ0n) is 11.8. The fourth-order valence-corrected chi connectivity index (χ4v) is 2.91. The van der Waals surface area contributed by atoms with E-state index in [-0.39, 0.29) is 0 Å². The topological polar surface area (TPSA) is 28.0 Å². The number of allylic oxidation sites excluding steroid dienone is 2. The highest BCUT2D eigenvalue weighted by molar-refractivity contribution is 6.23. The maximum Gasteiger partial charge on any atom is 0.0867 e. The van der Waals surface area contributed by atoms with Crippen molar-refractivity contribution in [2.24, 2.45) is 9.98 Å². The van der Waals surface area contributed by atoms with Gasteiger partial charge in [-0.25, -0.2) is 0 Å². The lowest BCUT2D eigenvalue weighted by molar-refractivity contribution is 0.988. The average molecular weight is 273 g/mol. The summed E-state index contributed by atoms with van der Waals surface area (Å²) in [5.74, 6) is 0. The third-order valence-corrected chi connectivity index (χ3v) is 3.91. The molecule has 0 bridgehead atoms. The monoisotopic (exact) mass is 273 g/mol. The number of nitrogens with zero attached hydrogens (tertiary/aromatic N) is 3. The summed E-state index contributed by atoms with van der Waals surface area (Å²) >= 11 is 0. The van der Waals surface area contributed by atoms with Gasteiger partial charge in [0.25, 0.3) is 0 Å². The Morgan fingerprint density at radius 2 is 1.57 bits per heavy atom. The SMILES string of the molecule is CCN1/C(=C2\C=Nc3ccccc32)C=Nc2ccccc21. The Morgan fingerprint density at radius 1 is 0.857 bits per heavy atom. The molecule has 0 aliphatic carbocycles. The molecule has 2 aliphatic rings. The predicted octanol–water partition coefficient (Wildman–Crippen LogP) is 4.36.